The van der Waals surface area contributed by atoms with E-state index in [1.165, 1.54) is 23.1 Å². The van der Waals surface area contributed by atoms with Crippen molar-refractivity contribution in [3.05, 3.63) is 47.5 Å². The zero-order chi connectivity index (χ0) is 21.2. The van der Waals surface area contributed by atoms with Crippen molar-refractivity contribution in [2.24, 2.45) is 0 Å². The lowest BCUT2D eigenvalue weighted by atomic mass is 10.2. The molecule has 0 spiro atoms. The highest BCUT2D eigenvalue weighted by Crippen LogP contribution is 2.34. The van der Waals surface area contributed by atoms with Crippen LogP contribution in [0.4, 0.5) is 11.4 Å². The molecule has 1 heterocycles. The number of hydrogen-bond acceptors (Lipinski definition) is 5. The van der Waals surface area contributed by atoms with Crippen LogP contribution in [0.3, 0.4) is 0 Å². The second-order valence-electron chi connectivity index (χ2n) is 6.73. The molecule has 29 heavy (non-hydrogen) atoms. The van der Waals surface area contributed by atoms with Crippen LogP contribution in [0.15, 0.2) is 47.4 Å². The van der Waals surface area contributed by atoms with Crippen molar-refractivity contribution in [1.82, 2.24) is 4.72 Å². The van der Waals surface area contributed by atoms with E-state index in [0.717, 1.165) is 0 Å². The topological polar surface area (TPSA) is 105 Å². The van der Waals surface area contributed by atoms with Gasteiger partial charge >= 0.3 is 0 Å². The molecular formula is C19H20ClN3O5S. The van der Waals surface area contributed by atoms with E-state index in [0.29, 0.717) is 16.4 Å². The number of carbonyl (C=O) groups excluding carboxylic acids is 2. The van der Waals surface area contributed by atoms with Gasteiger partial charge in [0.25, 0.3) is 5.91 Å². The van der Waals surface area contributed by atoms with Crippen LogP contribution in [0.25, 0.3) is 0 Å². The minimum absolute atomic E-state index is 0.0184. The highest BCUT2D eigenvalue weighted by molar-refractivity contribution is 7.89. The summed E-state index contributed by atoms with van der Waals surface area (Å²) in [6, 6.07) is 10.5. The van der Waals surface area contributed by atoms with E-state index < -0.39 is 21.8 Å². The van der Waals surface area contributed by atoms with Crippen molar-refractivity contribution in [1.29, 1.82) is 0 Å². The van der Waals surface area contributed by atoms with Crippen LogP contribution >= 0.6 is 11.6 Å². The Balaban J connectivity index is 1.80. The van der Waals surface area contributed by atoms with Crippen molar-refractivity contribution >= 4 is 44.8 Å². The van der Waals surface area contributed by atoms with E-state index in [-0.39, 0.29) is 29.8 Å². The Labute approximate surface area is 173 Å². The number of rotatable bonds is 6. The molecule has 1 aliphatic heterocycles. The van der Waals surface area contributed by atoms with Crippen molar-refractivity contribution in [2.45, 2.75) is 24.8 Å². The number of ether oxygens (including phenoxy) is 1. The highest BCUT2D eigenvalue weighted by Gasteiger charge is 2.29. The van der Waals surface area contributed by atoms with Gasteiger partial charge in [-0.1, -0.05) is 11.6 Å². The first-order chi connectivity index (χ1) is 13.7. The lowest BCUT2D eigenvalue weighted by Crippen LogP contribution is -2.43. The Morgan fingerprint density at radius 3 is 2.55 bits per heavy atom. The monoisotopic (exact) mass is 437 g/mol. The van der Waals surface area contributed by atoms with Gasteiger partial charge in [-0.15, -0.1) is 0 Å². The first-order valence-corrected chi connectivity index (χ1v) is 10.7. The van der Waals surface area contributed by atoms with Gasteiger partial charge in [0.1, 0.15) is 12.3 Å². The number of benzene rings is 2. The van der Waals surface area contributed by atoms with Crippen molar-refractivity contribution in [3.63, 3.8) is 0 Å². The number of halogens is 1. The van der Waals surface area contributed by atoms with Crippen LogP contribution in [0.5, 0.6) is 5.75 Å². The summed E-state index contributed by atoms with van der Waals surface area (Å²) in [6.45, 7) is 2.90. The molecular weight excluding hydrogens is 418 g/mol. The van der Waals surface area contributed by atoms with E-state index in [4.69, 9.17) is 16.3 Å². The summed E-state index contributed by atoms with van der Waals surface area (Å²) in [6.07, 6.45) is 0. The van der Waals surface area contributed by atoms with Crippen LogP contribution in [0, 0.1) is 0 Å². The van der Waals surface area contributed by atoms with Crippen molar-refractivity contribution in [3.8, 4) is 5.75 Å². The number of carbonyl (C=O) groups is 2. The molecule has 0 unspecified atom stereocenters. The molecule has 2 aromatic carbocycles. The van der Waals surface area contributed by atoms with Gasteiger partial charge in [-0.05, 0) is 50.2 Å². The fourth-order valence-electron chi connectivity index (χ4n) is 2.78. The standard InChI is InChI=1S/C19H20ClN3O5S/c1-12(2)22-29(26,27)15-7-8-16-17(9-15)28-11-19(25)23(16)10-18(24)21-14-5-3-13(20)4-6-14/h3-9,12,22H,10-11H2,1-2H3,(H,21,24). The van der Waals surface area contributed by atoms with Gasteiger partial charge in [0, 0.05) is 22.8 Å². The molecule has 154 valence electrons. The number of nitrogens with one attached hydrogen (secondary N) is 2. The number of sulfonamides is 1. The summed E-state index contributed by atoms with van der Waals surface area (Å²) in [5.41, 5.74) is 0.873. The molecule has 2 amide bonds. The van der Waals surface area contributed by atoms with Crippen LogP contribution in [0.1, 0.15) is 13.8 Å². The fourth-order valence-corrected chi connectivity index (χ4v) is 4.17. The molecule has 0 radical (unpaired) electrons. The summed E-state index contributed by atoms with van der Waals surface area (Å²) in [4.78, 5) is 26.0. The van der Waals surface area contributed by atoms with Gasteiger partial charge in [0.2, 0.25) is 15.9 Å². The summed E-state index contributed by atoms with van der Waals surface area (Å²) in [7, 11) is -3.71. The molecule has 3 rings (SSSR count). The molecule has 0 aliphatic carbocycles. The summed E-state index contributed by atoms with van der Waals surface area (Å²) in [5, 5.41) is 3.23. The zero-order valence-corrected chi connectivity index (χ0v) is 17.4. The number of amides is 2. The van der Waals surface area contributed by atoms with Crippen molar-refractivity contribution in [2.75, 3.05) is 23.4 Å². The third-order valence-electron chi connectivity index (χ3n) is 4.01. The summed E-state index contributed by atoms with van der Waals surface area (Å²) >= 11 is 5.82. The number of nitrogens with zero attached hydrogens (tertiary/aromatic N) is 1. The Bertz CT molecular complexity index is 1040. The number of hydrogen-bond donors (Lipinski definition) is 2. The highest BCUT2D eigenvalue weighted by atomic mass is 35.5. The van der Waals surface area contributed by atoms with Gasteiger partial charge in [0.15, 0.2) is 6.61 Å². The normalized spacial score (nSPS) is 13.8. The molecule has 1 aliphatic rings. The zero-order valence-electron chi connectivity index (χ0n) is 15.8. The summed E-state index contributed by atoms with van der Waals surface area (Å²) in [5.74, 6) is -0.595. The molecule has 2 aromatic rings. The second-order valence-corrected chi connectivity index (χ2v) is 8.88. The molecule has 2 N–H and O–H groups in total. The lowest BCUT2D eigenvalue weighted by molar-refractivity contribution is -0.123. The second kappa shape index (κ2) is 8.40. The third-order valence-corrected chi connectivity index (χ3v) is 5.91. The quantitative estimate of drug-likeness (QED) is 0.722. The minimum Gasteiger partial charge on any atom is -0.482 e. The maximum Gasteiger partial charge on any atom is 0.265 e. The third kappa shape index (κ3) is 5.06. The number of anilines is 2. The Morgan fingerprint density at radius 2 is 1.90 bits per heavy atom. The van der Waals surface area contributed by atoms with Crippen LogP contribution < -0.4 is 19.7 Å². The molecule has 0 aromatic heterocycles. The Hall–Kier alpha value is -2.62. The average Bonchev–Trinajstić information content (AvgIpc) is 2.64. The Morgan fingerprint density at radius 1 is 1.21 bits per heavy atom. The minimum atomic E-state index is -3.71. The largest absolute Gasteiger partial charge is 0.482 e. The predicted octanol–water partition coefficient (Wildman–Crippen LogP) is 2.39. The molecule has 0 saturated carbocycles. The average molecular weight is 438 g/mol. The summed E-state index contributed by atoms with van der Waals surface area (Å²) < 4.78 is 32.6. The Kier molecular flexibility index (Phi) is 6.11. The van der Waals surface area contributed by atoms with Gasteiger partial charge < -0.3 is 10.1 Å². The molecule has 8 nitrogen and oxygen atoms in total. The van der Waals surface area contributed by atoms with Crippen LogP contribution in [-0.4, -0.2) is 39.4 Å². The number of fused-ring (bicyclic) bond motifs is 1. The lowest BCUT2D eigenvalue weighted by Gasteiger charge is -2.29. The van der Waals surface area contributed by atoms with Gasteiger partial charge in [0.05, 0.1) is 10.6 Å². The van der Waals surface area contributed by atoms with E-state index in [1.54, 1.807) is 38.1 Å². The van der Waals surface area contributed by atoms with Crippen LogP contribution in [-0.2, 0) is 19.6 Å². The molecule has 0 fully saturated rings. The van der Waals surface area contributed by atoms with Crippen molar-refractivity contribution < 1.29 is 22.7 Å². The molecule has 0 saturated heterocycles. The SMILES string of the molecule is CC(C)NS(=O)(=O)c1ccc2c(c1)OCC(=O)N2CC(=O)Nc1ccc(Cl)cc1. The first-order valence-electron chi connectivity index (χ1n) is 8.80. The maximum atomic E-state index is 12.4. The van der Waals surface area contributed by atoms with E-state index in [2.05, 4.69) is 10.0 Å². The molecule has 0 bridgehead atoms. The van der Waals surface area contributed by atoms with Crippen LogP contribution in [0.2, 0.25) is 5.02 Å². The maximum absolute atomic E-state index is 12.4. The smallest absolute Gasteiger partial charge is 0.265 e. The molecule has 0 atom stereocenters. The van der Waals surface area contributed by atoms with E-state index in [9.17, 15) is 18.0 Å². The van der Waals surface area contributed by atoms with Gasteiger partial charge in [-0.3, -0.25) is 14.5 Å². The van der Waals surface area contributed by atoms with Gasteiger partial charge in [-0.2, -0.15) is 0 Å². The van der Waals surface area contributed by atoms with E-state index >= 15 is 0 Å². The molecule has 10 heteroatoms. The first kappa shape index (κ1) is 21.1. The van der Waals surface area contributed by atoms with Gasteiger partial charge in [-0.25, -0.2) is 13.1 Å². The fraction of sp³-hybridized carbons (Fsp3) is 0.263. The predicted molar refractivity (Wildman–Crippen MR) is 110 cm³/mol. The van der Waals surface area contributed by atoms with E-state index in [1.807, 2.05) is 0 Å².